The van der Waals surface area contributed by atoms with Crippen molar-refractivity contribution in [3.8, 4) is 5.69 Å². The van der Waals surface area contributed by atoms with E-state index in [0.717, 1.165) is 44.1 Å². The summed E-state index contributed by atoms with van der Waals surface area (Å²) in [7, 11) is 0. The number of carbonyl (C=O) groups excluding carboxylic acids is 1. The third-order valence-electron chi connectivity index (χ3n) is 5.24. The highest BCUT2D eigenvalue weighted by Crippen LogP contribution is 2.28. The molecule has 2 aromatic rings. The number of nitrogens with one attached hydrogen (secondary N) is 1. The fraction of sp³-hybridized carbons (Fsp3) is 0.526. The number of nitrogens with zero attached hydrogens (tertiary/aromatic N) is 4. The van der Waals surface area contributed by atoms with Crippen LogP contribution in [0, 0.1) is 16.6 Å². The quantitative estimate of drug-likeness (QED) is 0.793. The van der Waals surface area contributed by atoms with Gasteiger partial charge < -0.3 is 5.32 Å². The lowest BCUT2D eigenvalue weighted by molar-refractivity contribution is -0.127. The molecule has 2 heterocycles. The maximum absolute atomic E-state index is 12.4. The molecule has 1 aromatic carbocycles. The van der Waals surface area contributed by atoms with Crippen LogP contribution in [0.2, 0.25) is 0 Å². The van der Waals surface area contributed by atoms with Crippen LogP contribution in [0.3, 0.4) is 0 Å². The van der Waals surface area contributed by atoms with E-state index >= 15 is 0 Å². The van der Waals surface area contributed by atoms with Gasteiger partial charge in [-0.1, -0.05) is 18.2 Å². The smallest absolute Gasteiger partial charge is 0.224 e. The van der Waals surface area contributed by atoms with E-state index in [1.807, 2.05) is 39.6 Å². The topological polar surface area (TPSA) is 55.1 Å². The molecule has 2 aliphatic rings. The van der Waals surface area contributed by atoms with Gasteiger partial charge in [-0.25, -0.2) is 4.68 Å². The van der Waals surface area contributed by atoms with Gasteiger partial charge >= 0.3 is 0 Å². The number of piperidine rings is 1. The Labute approximate surface area is 158 Å². The number of hydrogen-bond acceptors (Lipinski definition) is 4. The third-order valence-corrected chi connectivity index (χ3v) is 5.65. The lowest BCUT2D eigenvalue weighted by Gasteiger charge is -2.31. The molecule has 1 saturated heterocycles. The van der Waals surface area contributed by atoms with Crippen molar-refractivity contribution in [1.82, 2.24) is 24.6 Å². The molecule has 1 unspecified atom stereocenters. The maximum Gasteiger partial charge on any atom is 0.224 e. The molecule has 1 aromatic heterocycles. The Kier molecular flexibility index (Phi) is 5.17. The van der Waals surface area contributed by atoms with Gasteiger partial charge in [-0.2, -0.15) is 5.10 Å². The minimum atomic E-state index is 0.0767. The first-order chi connectivity index (χ1) is 12.7. The predicted molar refractivity (Wildman–Crippen MR) is 102 cm³/mol. The first kappa shape index (κ1) is 17.4. The summed E-state index contributed by atoms with van der Waals surface area (Å²) in [5.74, 6) is 1.01. The highest BCUT2D eigenvalue weighted by molar-refractivity contribution is 7.71. The van der Waals surface area contributed by atoms with Crippen molar-refractivity contribution >= 4 is 18.1 Å². The van der Waals surface area contributed by atoms with Gasteiger partial charge in [0.2, 0.25) is 10.7 Å². The molecular weight excluding hydrogens is 346 g/mol. The Morgan fingerprint density at radius 1 is 1.23 bits per heavy atom. The number of aromatic nitrogens is 3. The number of rotatable bonds is 6. The number of carbonyl (C=O) groups is 1. The summed E-state index contributed by atoms with van der Waals surface area (Å²) in [6.45, 7) is 3.23. The first-order valence-electron chi connectivity index (χ1n) is 9.40. The second kappa shape index (κ2) is 7.72. The molecule has 7 heteroatoms. The van der Waals surface area contributed by atoms with Crippen molar-refractivity contribution in [2.45, 2.75) is 32.4 Å². The summed E-state index contributed by atoms with van der Waals surface area (Å²) in [5, 5.41) is 7.58. The number of benzene rings is 1. The minimum absolute atomic E-state index is 0.0767. The van der Waals surface area contributed by atoms with Crippen LogP contribution >= 0.6 is 12.2 Å². The van der Waals surface area contributed by atoms with Crippen molar-refractivity contribution < 1.29 is 4.79 Å². The van der Waals surface area contributed by atoms with E-state index < -0.39 is 0 Å². The Morgan fingerprint density at radius 2 is 2.04 bits per heavy atom. The average Bonchev–Trinajstić information content (AvgIpc) is 3.44. The Hall–Kier alpha value is -1.99. The molecule has 1 aliphatic carbocycles. The van der Waals surface area contributed by atoms with Gasteiger partial charge in [0.25, 0.3) is 0 Å². The molecule has 1 saturated carbocycles. The molecule has 1 N–H and O–H groups in total. The van der Waals surface area contributed by atoms with Crippen LogP contribution in [0.25, 0.3) is 5.69 Å². The van der Waals surface area contributed by atoms with Crippen LogP contribution in [-0.4, -0.2) is 44.8 Å². The van der Waals surface area contributed by atoms with Gasteiger partial charge in [-0.3, -0.25) is 14.3 Å². The van der Waals surface area contributed by atoms with Gasteiger partial charge in [-0.05, 0) is 62.5 Å². The minimum Gasteiger partial charge on any atom is -0.356 e. The molecule has 4 rings (SSSR count). The molecule has 0 bridgehead atoms. The molecule has 1 atom stereocenters. The average molecular weight is 372 g/mol. The van der Waals surface area contributed by atoms with Crippen molar-refractivity contribution in [3.05, 3.63) is 41.4 Å². The van der Waals surface area contributed by atoms with E-state index in [1.165, 1.54) is 12.8 Å². The van der Waals surface area contributed by atoms with Gasteiger partial charge in [0.05, 0.1) is 12.6 Å². The SMILES string of the molecule is O=C(NCC1CC1)C1CCCN(Cn2ncn(-c3ccccc3)c2=S)C1. The fourth-order valence-corrected chi connectivity index (χ4v) is 3.76. The summed E-state index contributed by atoms with van der Waals surface area (Å²) < 4.78 is 4.43. The second-order valence-electron chi connectivity index (χ2n) is 7.36. The fourth-order valence-electron chi connectivity index (χ4n) is 3.50. The van der Waals surface area contributed by atoms with Gasteiger partial charge in [0, 0.05) is 18.8 Å². The van der Waals surface area contributed by atoms with Crippen molar-refractivity contribution in [2.75, 3.05) is 19.6 Å². The molecule has 1 amide bonds. The molecule has 26 heavy (non-hydrogen) atoms. The van der Waals surface area contributed by atoms with E-state index in [0.29, 0.717) is 11.4 Å². The van der Waals surface area contributed by atoms with E-state index in [1.54, 1.807) is 6.33 Å². The van der Waals surface area contributed by atoms with Crippen LogP contribution < -0.4 is 5.32 Å². The zero-order chi connectivity index (χ0) is 17.9. The van der Waals surface area contributed by atoms with E-state index in [2.05, 4.69) is 15.3 Å². The Morgan fingerprint density at radius 3 is 2.81 bits per heavy atom. The van der Waals surface area contributed by atoms with Gasteiger partial charge in [0.1, 0.15) is 6.33 Å². The van der Waals surface area contributed by atoms with Crippen LogP contribution in [0.4, 0.5) is 0 Å². The monoisotopic (exact) mass is 371 g/mol. The number of likely N-dealkylation sites (tertiary alicyclic amines) is 1. The molecule has 0 spiro atoms. The zero-order valence-electron chi connectivity index (χ0n) is 14.9. The predicted octanol–water partition coefficient (Wildman–Crippen LogP) is 2.60. The normalized spacial score (nSPS) is 20.8. The number of amides is 1. The standard InChI is InChI=1S/C19H25N5OS/c25-18(20-11-15-8-9-15)16-5-4-10-22(12-16)14-24-19(26)23(13-21-24)17-6-2-1-3-7-17/h1-3,6-7,13,15-16H,4-5,8-12,14H2,(H,20,25). The summed E-state index contributed by atoms with van der Waals surface area (Å²) in [6, 6.07) is 10.00. The molecule has 1 aliphatic heterocycles. The lowest BCUT2D eigenvalue weighted by atomic mass is 9.97. The molecule has 2 fully saturated rings. The van der Waals surface area contributed by atoms with E-state index in [9.17, 15) is 4.79 Å². The highest BCUT2D eigenvalue weighted by Gasteiger charge is 2.28. The zero-order valence-corrected chi connectivity index (χ0v) is 15.7. The molecule has 138 valence electrons. The van der Waals surface area contributed by atoms with Crippen molar-refractivity contribution in [1.29, 1.82) is 0 Å². The van der Waals surface area contributed by atoms with E-state index in [4.69, 9.17) is 12.2 Å². The summed E-state index contributed by atoms with van der Waals surface area (Å²) in [4.78, 5) is 14.7. The number of hydrogen-bond donors (Lipinski definition) is 1. The van der Waals surface area contributed by atoms with Crippen LogP contribution in [0.5, 0.6) is 0 Å². The van der Waals surface area contributed by atoms with Crippen molar-refractivity contribution in [3.63, 3.8) is 0 Å². The van der Waals surface area contributed by atoms with Gasteiger partial charge in [-0.15, -0.1) is 0 Å². The highest BCUT2D eigenvalue weighted by atomic mass is 32.1. The van der Waals surface area contributed by atoms with Crippen molar-refractivity contribution in [2.24, 2.45) is 11.8 Å². The lowest BCUT2D eigenvalue weighted by Crippen LogP contribution is -2.44. The summed E-state index contributed by atoms with van der Waals surface area (Å²) in [6.07, 6.45) is 6.30. The van der Waals surface area contributed by atoms with Crippen LogP contribution in [-0.2, 0) is 11.5 Å². The van der Waals surface area contributed by atoms with Crippen LogP contribution in [0.1, 0.15) is 25.7 Å². The summed E-state index contributed by atoms with van der Waals surface area (Å²) >= 11 is 5.59. The largest absolute Gasteiger partial charge is 0.356 e. The van der Waals surface area contributed by atoms with Gasteiger partial charge in [0.15, 0.2) is 0 Å². The number of para-hydroxylation sites is 1. The molecular formula is C19H25N5OS. The van der Waals surface area contributed by atoms with Crippen LogP contribution in [0.15, 0.2) is 36.7 Å². The Balaban J connectivity index is 1.38. The summed E-state index contributed by atoms with van der Waals surface area (Å²) in [5.41, 5.74) is 1.01. The third kappa shape index (κ3) is 4.04. The molecule has 6 nitrogen and oxygen atoms in total. The van der Waals surface area contributed by atoms with E-state index in [-0.39, 0.29) is 11.8 Å². The first-order valence-corrected chi connectivity index (χ1v) is 9.81. The Bertz CT molecular complexity index is 811. The molecule has 0 radical (unpaired) electrons. The maximum atomic E-state index is 12.4. The second-order valence-corrected chi connectivity index (χ2v) is 7.73.